The summed E-state index contributed by atoms with van der Waals surface area (Å²) in [7, 11) is 0. The van der Waals surface area contributed by atoms with Gasteiger partial charge in [-0.05, 0) is 89.5 Å². The average Bonchev–Trinajstić information content (AvgIpc) is 2.75. The average molecular weight is 508 g/mol. The number of halogens is 1. The number of carbonyl (C=O) groups is 1. The number of anilines is 1. The maximum Gasteiger partial charge on any atom is 0.266 e. The molecular weight excluding hydrogens is 487 g/mol. The third-order valence-corrected chi connectivity index (χ3v) is 5.38. The third kappa shape index (κ3) is 5.71. The van der Waals surface area contributed by atoms with E-state index in [1.165, 1.54) is 0 Å². The minimum absolute atomic E-state index is 0.0125. The van der Waals surface area contributed by atoms with E-state index in [0.717, 1.165) is 20.3 Å². The van der Waals surface area contributed by atoms with Crippen LogP contribution in [0.3, 0.4) is 0 Å². The number of carbonyl (C=O) groups excluding carboxylic acids is 1. The van der Waals surface area contributed by atoms with E-state index in [1.54, 1.807) is 6.08 Å². The minimum Gasteiger partial charge on any atom is -0.488 e. The van der Waals surface area contributed by atoms with Crippen LogP contribution in [-0.2, 0) is 11.4 Å². The maximum atomic E-state index is 12.6. The van der Waals surface area contributed by atoms with Crippen LogP contribution < -0.4 is 10.1 Å². The van der Waals surface area contributed by atoms with E-state index >= 15 is 0 Å². The van der Waals surface area contributed by atoms with Crippen molar-refractivity contribution >= 4 is 40.3 Å². The standard InChI is InChI=1S/C25H21IN2O2/c1-17-7-12-23(13-18(17)2)28-25(29)21(15-27)14-20-5-3-4-6-24(20)30-16-19-8-10-22(26)11-9-19/h3-14H,16H2,1-2H3,(H,28,29)/b21-14+. The Morgan fingerprint density at radius 3 is 2.50 bits per heavy atom. The van der Waals surface area contributed by atoms with Crippen molar-refractivity contribution in [1.82, 2.24) is 0 Å². The summed E-state index contributed by atoms with van der Waals surface area (Å²) in [6.45, 7) is 4.39. The molecule has 0 aliphatic carbocycles. The zero-order chi connectivity index (χ0) is 21.5. The molecule has 1 N–H and O–H groups in total. The molecule has 0 aliphatic heterocycles. The molecule has 30 heavy (non-hydrogen) atoms. The van der Waals surface area contributed by atoms with Crippen molar-refractivity contribution in [3.05, 3.63) is 98.1 Å². The smallest absolute Gasteiger partial charge is 0.266 e. The van der Waals surface area contributed by atoms with Gasteiger partial charge >= 0.3 is 0 Å². The number of amides is 1. The zero-order valence-corrected chi connectivity index (χ0v) is 18.9. The Hall–Kier alpha value is -3.11. The largest absolute Gasteiger partial charge is 0.488 e. The molecule has 0 atom stereocenters. The molecule has 0 unspecified atom stereocenters. The van der Waals surface area contributed by atoms with Crippen LogP contribution in [0.15, 0.2) is 72.3 Å². The summed E-state index contributed by atoms with van der Waals surface area (Å²) >= 11 is 2.26. The Morgan fingerprint density at radius 1 is 1.07 bits per heavy atom. The zero-order valence-electron chi connectivity index (χ0n) is 16.8. The molecule has 3 aromatic carbocycles. The molecule has 0 fully saturated rings. The van der Waals surface area contributed by atoms with Gasteiger partial charge in [0.2, 0.25) is 0 Å². The summed E-state index contributed by atoms with van der Waals surface area (Å²) in [4.78, 5) is 12.6. The van der Waals surface area contributed by atoms with Crippen LogP contribution in [0.4, 0.5) is 5.69 Å². The molecule has 4 nitrogen and oxygen atoms in total. The highest BCUT2D eigenvalue weighted by atomic mass is 127. The third-order valence-electron chi connectivity index (χ3n) is 4.66. The Balaban J connectivity index is 1.78. The van der Waals surface area contributed by atoms with Crippen LogP contribution in [0.5, 0.6) is 5.75 Å². The van der Waals surface area contributed by atoms with Crippen LogP contribution in [0, 0.1) is 28.7 Å². The molecule has 0 aliphatic rings. The van der Waals surface area contributed by atoms with Gasteiger partial charge in [0.15, 0.2) is 0 Å². The van der Waals surface area contributed by atoms with E-state index in [0.29, 0.717) is 23.6 Å². The summed E-state index contributed by atoms with van der Waals surface area (Å²) in [5.41, 5.74) is 4.61. The molecule has 0 spiro atoms. The minimum atomic E-state index is -0.451. The maximum absolute atomic E-state index is 12.6. The number of aryl methyl sites for hydroxylation is 2. The highest BCUT2D eigenvalue weighted by molar-refractivity contribution is 14.1. The van der Waals surface area contributed by atoms with Crippen molar-refractivity contribution in [2.45, 2.75) is 20.5 Å². The first-order valence-corrected chi connectivity index (χ1v) is 10.5. The fourth-order valence-electron chi connectivity index (χ4n) is 2.79. The molecule has 0 saturated heterocycles. The number of ether oxygens (including phenoxy) is 1. The summed E-state index contributed by atoms with van der Waals surface area (Å²) in [6.07, 6.45) is 1.56. The van der Waals surface area contributed by atoms with E-state index in [1.807, 2.05) is 86.6 Å². The van der Waals surface area contributed by atoms with Crippen LogP contribution in [0.1, 0.15) is 22.3 Å². The monoisotopic (exact) mass is 508 g/mol. The van der Waals surface area contributed by atoms with Crippen molar-refractivity contribution < 1.29 is 9.53 Å². The van der Waals surface area contributed by atoms with Gasteiger partial charge in [-0.25, -0.2) is 0 Å². The Kier molecular flexibility index (Phi) is 7.26. The summed E-state index contributed by atoms with van der Waals surface area (Å²) in [5, 5.41) is 12.3. The highest BCUT2D eigenvalue weighted by Gasteiger charge is 2.12. The van der Waals surface area contributed by atoms with E-state index in [4.69, 9.17) is 4.74 Å². The van der Waals surface area contributed by atoms with Gasteiger partial charge in [-0.3, -0.25) is 4.79 Å². The lowest BCUT2D eigenvalue weighted by Crippen LogP contribution is -2.13. The van der Waals surface area contributed by atoms with E-state index < -0.39 is 5.91 Å². The molecule has 0 aromatic heterocycles. The molecule has 0 bridgehead atoms. The van der Waals surface area contributed by atoms with Gasteiger partial charge in [-0.2, -0.15) is 5.26 Å². The second-order valence-electron chi connectivity index (χ2n) is 6.88. The van der Waals surface area contributed by atoms with Gasteiger partial charge < -0.3 is 10.1 Å². The molecular formula is C25H21IN2O2. The molecule has 3 aromatic rings. The number of hydrogen-bond acceptors (Lipinski definition) is 3. The van der Waals surface area contributed by atoms with Gasteiger partial charge in [0, 0.05) is 14.8 Å². The Labute approximate surface area is 190 Å². The first kappa shape index (κ1) is 21.6. The lowest BCUT2D eigenvalue weighted by molar-refractivity contribution is -0.112. The number of nitriles is 1. The van der Waals surface area contributed by atoms with Crippen molar-refractivity contribution in [2.24, 2.45) is 0 Å². The fourth-order valence-corrected chi connectivity index (χ4v) is 3.15. The molecule has 3 rings (SSSR count). The molecule has 150 valence electrons. The molecule has 0 saturated carbocycles. The van der Waals surface area contributed by atoms with E-state index in [9.17, 15) is 10.1 Å². The quantitative estimate of drug-likeness (QED) is 0.251. The number of nitrogens with one attached hydrogen (secondary N) is 1. The number of rotatable bonds is 6. The molecule has 0 radical (unpaired) electrons. The van der Waals surface area contributed by atoms with Gasteiger partial charge in [-0.15, -0.1) is 0 Å². The highest BCUT2D eigenvalue weighted by Crippen LogP contribution is 2.23. The molecule has 0 heterocycles. The van der Waals surface area contributed by atoms with Gasteiger partial charge in [0.05, 0.1) is 0 Å². The van der Waals surface area contributed by atoms with Crippen molar-refractivity contribution in [3.63, 3.8) is 0 Å². The summed E-state index contributed by atoms with van der Waals surface area (Å²) < 4.78 is 7.11. The van der Waals surface area contributed by atoms with Crippen molar-refractivity contribution in [3.8, 4) is 11.8 Å². The predicted molar refractivity (Wildman–Crippen MR) is 128 cm³/mol. The number of para-hydroxylation sites is 1. The Morgan fingerprint density at radius 2 is 1.80 bits per heavy atom. The van der Waals surface area contributed by atoms with Crippen LogP contribution >= 0.6 is 22.6 Å². The summed E-state index contributed by atoms with van der Waals surface area (Å²) in [5.74, 6) is 0.163. The van der Waals surface area contributed by atoms with Crippen LogP contribution in [-0.4, -0.2) is 5.91 Å². The van der Waals surface area contributed by atoms with Crippen molar-refractivity contribution in [1.29, 1.82) is 5.26 Å². The van der Waals surface area contributed by atoms with E-state index in [2.05, 4.69) is 27.9 Å². The number of nitrogens with zero attached hydrogens (tertiary/aromatic N) is 1. The molecule has 1 amide bonds. The SMILES string of the molecule is Cc1ccc(NC(=O)/C(C#N)=C/c2ccccc2OCc2ccc(I)cc2)cc1C. The molecule has 5 heteroatoms. The van der Waals surface area contributed by atoms with Crippen LogP contribution in [0.2, 0.25) is 0 Å². The van der Waals surface area contributed by atoms with Crippen LogP contribution in [0.25, 0.3) is 6.08 Å². The van der Waals surface area contributed by atoms with Gasteiger partial charge in [-0.1, -0.05) is 36.4 Å². The number of benzene rings is 3. The second-order valence-corrected chi connectivity index (χ2v) is 8.12. The second kappa shape index (κ2) is 10.1. The lowest BCUT2D eigenvalue weighted by Gasteiger charge is -2.10. The topological polar surface area (TPSA) is 62.1 Å². The van der Waals surface area contributed by atoms with E-state index in [-0.39, 0.29) is 5.57 Å². The predicted octanol–water partition coefficient (Wildman–Crippen LogP) is 6.03. The lowest BCUT2D eigenvalue weighted by atomic mass is 10.1. The van der Waals surface area contributed by atoms with Gasteiger partial charge in [0.25, 0.3) is 5.91 Å². The first-order chi connectivity index (χ1) is 14.5. The number of hydrogen-bond donors (Lipinski definition) is 1. The Bertz CT molecular complexity index is 1130. The fraction of sp³-hybridized carbons (Fsp3) is 0.120. The summed E-state index contributed by atoms with van der Waals surface area (Å²) in [6, 6.07) is 23.1. The normalized spacial score (nSPS) is 10.9. The van der Waals surface area contributed by atoms with Gasteiger partial charge in [0.1, 0.15) is 24.0 Å². The van der Waals surface area contributed by atoms with Crippen molar-refractivity contribution in [2.75, 3.05) is 5.32 Å². The first-order valence-electron chi connectivity index (χ1n) is 9.43.